The quantitative estimate of drug-likeness (QED) is 0.451. The lowest BCUT2D eigenvalue weighted by Crippen LogP contribution is -2.01. The number of nitrogens with zero attached hydrogens (tertiary/aromatic N) is 5. The zero-order valence-corrected chi connectivity index (χ0v) is 17.2. The summed E-state index contributed by atoms with van der Waals surface area (Å²) in [4.78, 5) is 11.8. The van der Waals surface area contributed by atoms with Gasteiger partial charge in [-0.1, -0.05) is 61.9 Å². The molecule has 0 radical (unpaired) electrons. The highest BCUT2D eigenvalue weighted by Gasteiger charge is 2.19. The van der Waals surface area contributed by atoms with Gasteiger partial charge in [-0.25, -0.2) is 0 Å². The molecule has 0 saturated heterocycles. The highest BCUT2D eigenvalue weighted by molar-refractivity contribution is 5.83. The Kier molecular flexibility index (Phi) is 5.79. The van der Waals surface area contributed by atoms with Crippen LogP contribution in [0.3, 0.4) is 0 Å². The molecule has 0 aliphatic rings. The van der Waals surface area contributed by atoms with Crippen LogP contribution < -0.4 is 0 Å². The molecule has 7 nitrogen and oxygen atoms in total. The predicted molar refractivity (Wildman–Crippen MR) is 115 cm³/mol. The van der Waals surface area contributed by atoms with Gasteiger partial charge in [-0.05, 0) is 34.7 Å². The van der Waals surface area contributed by atoms with Crippen LogP contribution in [0.5, 0.6) is 0 Å². The Morgan fingerprint density at radius 3 is 2.47 bits per heavy atom. The maximum Gasteiger partial charge on any atom is 0.205 e. The summed E-state index contributed by atoms with van der Waals surface area (Å²) in [7, 11) is 1.83. The van der Waals surface area contributed by atoms with Gasteiger partial charge >= 0.3 is 0 Å². The summed E-state index contributed by atoms with van der Waals surface area (Å²) in [6.45, 7) is 2.16. The molecule has 0 bridgehead atoms. The molecule has 2 heterocycles. The molecular weight excluding hydrogens is 376 g/mol. The Labute approximate surface area is 175 Å². The third kappa shape index (κ3) is 3.78. The zero-order valence-electron chi connectivity index (χ0n) is 17.2. The van der Waals surface area contributed by atoms with Gasteiger partial charge in [0.25, 0.3) is 0 Å². The third-order valence-corrected chi connectivity index (χ3v) is 5.34. The number of aryl methyl sites for hydroxylation is 2. The van der Waals surface area contributed by atoms with Gasteiger partial charge in [0, 0.05) is 24.6 Å². The molecule has 4 rings (SSSR count). The number of H-pyrrole nitrogens is 1. The number of nitrogens with one attached hydrogen (secondary N) is 1. The number of unbranched alkanes of at least 4 members (excludes halogenated alkanes) is 1. The number of benzene rings is 2. The Balaban J connectivity index is 1.80. The van der Waals surface area contributed by atoms with Crippen molar-refractivity contribution in [3.8, 4) is 22.5 Å². The number of hydrogen-bond donors (Lipinski definition) is 1. The number of aromatic nitrogens is 6. The smallest absolute Gasteiger partial charge is 0.205 e. The summed E-state index contributed by atoms with van der Waals surface area (Å²) >= 11 is 0. The largest absolute Gasteiger partial charge is 0.296 e. The maximum absolute atomic E-state index is 11.8. The molecule has 0 atom stereocenters. The van der Waals surface area contributed by atoms with Gasteiger partial charge in [0.1, 0.15) is 5.69 Å². The average Bonchev–Trinajstić information content (AvgIpc) is 3.41. The van der Waals surface area contributed by atoms with Crippen molar-refractivity contribution in [2.75, 3.05) is 0 Å². The first-order valence-electron chi connectivity index (χ1n) is 10.1. The molecule has 2 aromatic carbocycles. The molecule has 1 N–H and O–H groups in total. The lowest BCUT2D eigenvalue weighted by Gasteiger charge is -2.13. The number of carbonyl (C=O) groups excluding carboxylic acids is 1. The van der Waals surface area contributed by atoms with Gasteiger partial charge in [-0.15, -0.1) is 10.2 Å². The van der Waals surface area contributed by atoms with Gasteiger partial charge in [0.2, 0.25) is 5.82 Å². The van der Waals surface area contributed by atoms with Crippen molar-refractivity contribution in [2.24, 2.45) is 7.05 Å². The predicted octanol–water partition coefficient (Wildman–Crippen LogP) is 4.01. The summed E-state index contributed by atoms with van der Waals surface area (Å²) < 4.78 is 1.70. The van der Waals surface area contributed by atoms with Crippen LogP contribution in [0, 0.1) is 0 Å². The first-order valence-corrected chi connectivity index (χ1v) is 10.1. The van der Waals surface area contributed by atoms with E-state index in [9.17, 15) is 4.79 Å². The fourth-order valence-corrected chi connectivity index (χ4v) is 3.84. The standard InChI is InChI=1S/C23H24N6O/c1-3-4-13-21-20(22(15-30)29(2)26-21)14-16-9-5-6-10-17(16)18-11-7-8-12-19(18)23-24-27-28-25-23/h5-12,15H,3-4,13-14H2,1-2H3,(H,24,25,27,28). The molecule has 0 fully saturated rings. The molecule has 0 aliphatic carbocycles. The van der Waals surface area contributed by atoms with Crippen LogP contribution in [0.1, 0.15) is 47.1 Å². The van der Waals surface area contributed by atoms with Crippen molar-refractivity contribution in [1.29, 1.82) is 0 Å². The summed E-state index contributed by atoms with van der Waals surface area (Å²) in [5.74, 6) is 0.555. The Bertz CT molecular complexity index is 1150. The third-order valence-electron chi connectivity index (χ3n) is 5.34. The van der Waals surface area contributed by atoms with Crippen molar-refractivity contribution in [3.63, 3.8) is 0 Å². The van der Waals surface area contributed by atoms with E-state index in [0.29, 0.717) is 17.9 Å². The number of carbonyl (C=O) groups is 1. The van der Waals surface area contributed by atoms with Gasteiger partial charge < -0.3 is 0 Å². The Hall–Kier alpha value is -3.61. The van der Waals surface area contributed by atoms with E-state index in [2.05, 4.69) is 50.8 Å². The van der Waals surface area contributed by atoms with E-state index in [1.807, 2.05) is 37.4 Å². The van der Waals surface area contributed by atoms with Gasteiger partial charge in [-0.2, -0.15) is 10.3 Å². The second-order valence-corrected chi connectivity index (χ2v) is 7.27. The topological polar surface area (TPSA) is 89.4 Å². The molecule has 0 spiro atoms. The van der Waals surface area contributed by atoms with Gasteiger partial charge in [0.05, 0.1) is 5.69 Å². The molecule has 7 heteroatoms. The normalized spacial score (nSPS) is 11.0. The monoisotopic (exact) mass is 400 g/mol. The minimum atomic E-state index is 0.555. The van der Waals surface area contributed by atoms with Crippen LogP contribution in [0.25, 0.3) is 22.5 Å². The lowest BCUT2D eigenvalue weighted by molar-refractivity contribution is 0.111. The Morgan fingerprint density at radius 2 is 1.77 bits per heavy atom. The molecule has 0 amide bonds. The van der Waals surface area contributed by atoms with Gasteiger partial charge in [-0.3, -0.25) is 9.48 Å². The summed E-state index contributed by atoms with van der Waals surface area (Å²) in [5.41, 5.74) is 6.80. The fraction of sp³-hybridized carbons (Fsp3) is 0.261. The highest BCUT2D eigenvalue weighted by atomic mass is 16.1. The van der Waals surface area contributed by atoms with E-state index in [0.717, 1.165) is 59.1 Å². The SMILES string of the molecule is CCCCc1nn(C)c(C=O)c1Cc1ccccc1-c1ccccc1-c1nn[nH]n1. The van der Waals surface area contributed by atoms with Crippen LogP contribution in [0.4, 0.5) is 0 Å². The van der Waals surface area contributed by atoms with Crippen LogP contribution in [-0.4, -0.2) is 36.7 Å². The van der Waals surface area contributed by atoms with Crippen LogP contribution in [-0.2, 0) is 19.9 Å². The second-order valence-electron chi connectivity index (χ2n) is 7.27. The lowest BCUT2D eigenvalue weighted by atomic mass is 9.91. The van der Waals surface area contributed by atoms with Crippen molar-refractivity contribution >= 4 is 6.29 Å². The zero-order chi connectivity index (χ0) is 20.9. The maximum atomic E-state index is 11.8. The first-order chi connectivity index (χ1) is 14.7. The number of aldehydes is 1. The summed E-state index contributed by atoms with van der Waals surface area (Å²) in [6, 6.07) is 16.3. The minimum absolute atomic E-state index is 0.555. The van der Waals surface area contributed by atoms with Crippen molar-refractivity contribution in [2.45, 2.75) is 32.6 Å². The molecule has 2 aromatic heterocycles. The van der Waals surface area contributed by atoms with E-state index < -0.39 is 0 Å². The molecular formula is C23H24N6O. The highest BCUT2D eigenvalue weighted by Crippen LogP contribution is 2.33. The van der Waals surface area contributed by atoms with Crippen molar-refractivity contribution < 1.29 is 4.79 Å². The van der Waals surface area contributed by atoms with E-state index >= 15 is 0 Å². The van der Waals surface area contributed by atoms with E-state index in [1.54, 1.807) is 4.68 Å². The van der Waals surface area contributed by atoms with E-state index in [-0.39, 0.29) is 0 Å². The van der Waals surface area contributed by atoms with Crippen LogP contribution in [0.2, 0.25) is 0 Å². The first kappa shape index (κ1) is 19.7. The molecule has 0 unspecified atom stereocenters. The fourth-order valence-electron chi connectivity index (χ4n) is 3.84. The van der Waals surface area contributed by atoms with Crippen LogP contribution in [0.15, 0.2) is 48.5 Å². The van der Waals surface area contributed by atoms with E-state index in [1.165, 1.54) is 0 Å². The summed E-state index contributed by atoms with van der Waals surface area (Å²) in [6.07, 6.45) is 4.55. The molecule has 4 aromatic rings. The molecule has 30 heavy (non-hydrogen) atoms. The second kappa shape index (κ2) is 8.82. The molecule has 0 aliphatic heterocycles. The minimum Gasteiger partial charge on any atom is -0.296 e. The number of aromatic amines is 1. The number of tetrazole rings is 1. The van der Waals surface area contributed by atoms with Crippen molar-refractivity contribution in [1.82, 2.24) is 30.4 Å². The average molecular weight is 400 g/mol. The number of hydrogen-bond acceptors (Lipinski definition) is 5. The molecule has 152 valence electrons. The summed E-state index contributed by atoms with van der Waals surface area (Å²) in [5, 5.41) is 19.2. The van der Waals surface area contributed by atoms with E-state index in [4.69, 9.17) is 0 Å². The van der Waals surface area contributed by atoms with Gasteiger partial charge in [0.15, 0.2) is 6.29 Å². The molecule has 0 saturated carbocycles. The van der Waals surface area contributed by atoms with Crippen LogP contribution >= 0.6 is 0 Å². The Morgan fingerprint density at radius 1 is 1.03 bits per heavy atom. The number of rotatable bonds is 8. The van der Waals surface area contributed by atoms with Crippen molar-refractivity contribution in [3.05, 3.63) is 71.0 Å².